The maximum atomic E-state index is 12.9. The number of aromatic amines is 1. The number of ether oxygens (including phenoxy) is 1. The normalized spacial score (nSPS) is 22.0. The summed E-state index contributed by atoms with van der Waals surface area (Å²) >= 11 is 12.0. The van der Waals surface area contributed by atoms with Gasteiger partial charge in [-0.1, -0.05) is 23.2 Å². The number of halogens is 2. The van der Waals surface area contributed by atoms with E-state index in [0.717, 1.165) is 42.5 Å². The molecule has 0 saturated heterocycles. The molecule has 0 spiro atoms. The minimum atomic E-state index is -0.741. The first kappa shape index (κ1) is 24.0. The molecule has 1 aliphatic heterocycles. The fourth-order valence-electron chi connectivity index (χ4n) is 5.18. The van der Waals surface area contributed by atoms with Crippen LogP contribution < -0.4 is 4.74 Å². The fraction of sp³-hybridized carbons (Fsp3) is 0.407. The largest absolute Gasteiger partial charge is 0.481 e. The molecule has 182 valence electrons. The third-order valence-electron chi connectivity index (χ3n) is 7.13. The molecular weight excluding hydrogens is 487 g/mol. The predicted molar refractivity (Wildman–Crippen MR) is 134 cm³/mol. The minimum Gasteiger partial charge on any atom is -0.481 e. The smallest absolute Gasteiger partial charge is 0.174 e. The van der Waals surface area contributed by atoms with E-state index in [2.05, 4.69) is 9.97 Å². The van der Waals surface area contributed by atoms with E-state index in [-0.39, 0.29) is 35.6 Å². The highest BCUT2D eigenvalue weighted by molar-refractivity contribution is 6.31. The van der Waals surface area contributed by atoms with Crippen LogP contribution in [0.4, 0.5) is 0 Å². The topological polar surface area (TPSA) is 89.1 Å². The lowest BCUT2D eigenvalue weighted by Crippen LogP contribution is -2.35. The van der Waals surface area contributed by atoms with Gasteiger partial charge in [-0.25, -0.2) is 4.98 Å². The Morgan fingerprint density at radius 1 is 1.00 bits per heavy atom. The van der Waals surface area contributed by atoms with Gasteiger partial charge in [0.2, 0.25) is 0 Å². The number of rotatable bonds is 7. The van der Waals surface area contributed by atoms with Crippen molar-refractivity contribution in [3.63, 3.8) is 0 Å². The average Bonchev–Trinajstić information content (AvgIpc) is 3.25. The second kappa shape index (κ2) is 10.1. The SMILES string of the molecule is O=C1CC(C(=O)CC2CCC(C(=O)CCc3nc4ccc(Cl)cc4[nH]3)CC2)Oc2ccc(Cl)cc21. The molecule has 3 aromatic rings. The van der Waals surface area contributed by atoms with E-state index in [1.165, 1.54) is 0 Å². The van der Waals surface area contributed by atoms with Crippen LogP contribution in [0.1, 0.15) is 61.1 Å². The number of aromatic nitrogens is 2. The fourth-order valence-corrected chi connectivity index (χ4v) is 5.52. The molecule has 1 aliphatic carbocycles. The first-order chi connectivity index (χ1) is 16.9. The molecule has 1 N–H and O–H groups in total. The number of hydrogen-bond donors (Lipinski definition) is 1. The number of benzene rings is 2. The molecule has 6 nitrogen and oxygen atoms in total. The quantitative estimate of drug-likeness (QED) is 0.408. The Morgan fingerprint density at radius 3 is 2.54 bits per heavy atom. The summed E-state index contributed by atoms with van der Waals surface area (Å²) in [5.74, 6) is 1.56. The number of hydrogen-bond acceptors (Lipinski definition) is 5. The van der Waals surface area contributed by atoms with Gasteiger partial charge in [0.05, 0.1) is 23.0 Å². The van der Waals surface area contributed by atoms with Crippen LogP contribution in [0.2, 0.25) is 10.0 Å². The first-order valence-electron chi connectivity index (χ1n) is 12.0. The third kappa shape index (κ3) is 5.44. The van der Waals surface area contributed by atoms with Gasteiger partial charge in [-0.05, 0) is 68.0 Å². The summed E-state index contributed by atoms with van der Waals surface area (Å²) in [5.41, 5.74) is 2.16. The van der Waals surface area contributed by atoms with E-state index in [9.17, 15) is 14.4 Å². The molecule has 2 heterocycles. The zero-order valence-corrected chi connectivity index (χ0v) is 20.7. The Kier molecular flexibility index (Phi) is 6.94. The number of H-pyrrole nitrogens is 1. The van der Waals surface area contributed by atoms with Crippen molar-refractivity contribution in [2.75, 3.05) is 0 Å². The summed E-state index contributed by atoms with van der Waals surface area (Å²) in [6.45, 7) is 0. The van der Waals surface area contributed by atoms with E-state index < -0.39 is 6.10 Å². The molecule has 1 fully saturated rings. The van der Waals surface area contributed by atoms with Gasteiger partial charge in [0, 0.05) is 35.2 Å². The highest BCUT2D eigenvalue weighted by Crippen LogP contribution is 2.35. The van der Waals surface area contributed by atoms with Gasteiger partial charge in [0.1, 0.15) is 17.4 Å². The molecule has 2 aliphatic rings. The molecule has 1 atom stereocenters. The molecule has 1 saturated carbocycles. The first-order valence-corrected chi connectivity index (χ1v) is 12.8. The van der Waals surface area contributed by atoms with E-state index in [0.29, 0.717) is 40.6 Å². The molecule has 8 heteroatoms. The Morgan fingerprint density at radius 2 is 1.74 bits per heavy atom. The number of carbonyl (C=O) groups excluding carboxylic acids is 3. The van der Waals surface area contributed by atoms with E-state index in [1.54, 1.807) is 24.3 Å². The predicted octanol–water partition coefficient (Wildman–Crippen LogP) is 6.17. The van der Waals surface area contributed by atoms with E-state index in [1.807, 2.05) is 12.1 Å². The van der Waals surface area contributed by atoms with E-state index >= 15 is 0 Å². The zero-order valence-electron chi connectivity index (χ0n) is 19.2. The highest BCUT2D eigenvalue weighted by atomic mass is 35.5. The molecule has 1 aromatic heterocycles. The summed E-state index contributed by atoms with van der Waals surface area (Å²) < 4.78 is 5.82. The Bertz CT molecular complexity index is 1290. The van der Waals surface area contributed by atoms with Crippen LogP contribution >= 0.6 is 23.2 Å². The summed E-state index contributed by atoms with van der Waals surface area (Å²) in [6, 6.07) is 10.4. The molecule has 5 rings (SSSR count). The van der Waals surface area contributed by atoms with Crippen LogP contribution in [0, 0.1) is 11.8 Å². The molecule has 0 radical (unpaired) electrons. The Labute approximate surface area is 213 Å². The number of fused-ring (bicyclic) bond motifs is 2. The highest BCUT2D eigenvalue weighted by Gasteiger charge is 2.34. The van der Waals surface area contributed by atoms with Crippen molar-refractivity contribution < 1.29 is 19.1 Å². The van der Waals surface area contributed by atoms with Crippen molar-refractivity contribution in [2.24, 2.45) is 11.8 Å². The molecule has 1 unspecified atom stereocenters. The van der Waals surface area contributed by atoms with Crippen LogP contribution in [0.15, 0.2) is 36.4 Å². The number of Topliss-reactive ketones (excluding diaryl/α,β-unsaturated/α-hetero) is 3. The number of nitrogens with one attached hydrogen (secondary N) is 1. The lowest BCUT2D eigenvalue weighted by atomic mass is 9.77. The van der Waals surface area contributed by atoms with Crippen LogP contribution in [0.5, 0.6) is 5.75 Å². The van der Waals surface area contributed by atoms with Crippen molar-refractivity contribution in [1.82, 2.24) is 9.97 Å². The number of carbonyl (C=O) groups is 3. The van der Waals surface area contributed by atoms with Gasteiger partial charge in [0.15, 0.2) is 17.7 Å². The second-order valence-electron chi connectivity index (χ2n) is 9.57. The summed E-state index contributed by atoms with van der Waals surface area (Å²) in [5, 5.41) is 1.12. The number of imidazole rings is 1. The maximum Gasteiger partial charge on any atom is 0.174 e. The van der Waals surface area contributed by atoms with Crippen molar-refractivity contribution in [2.45, 2.75) is 57.5 Å². The van der Waals surface area contributed by atoms with Gasteiger partial charge in [-0.3, -0.25) is 14.4 Å². The second-order valence-corrected chi connectivity index (χ2v) is 10.4. The molecule has 35 heavy (non-hydrogen) atoms. The average molecular weight is 513 g/mol. The van der Waals surface area contributed by atoms with Crippen molar-refractivity contribution in [3.8, 4) is 5.75 Å². The lowest BCUT2D eigenvalue weighted by Gasteiger charge is -2.29. The van der Waals surface area contributed by atoms with Crippen LogP contribution in [-0.2, 0) is 16.0 Å². The monoisotopic (exact) mass is 512 g/mol. The number of aryl methyl sites for hydroxylation is 1. The summed E-state index contributed by atoms with van der Waals surface area (Å²) in [4.78, 5) is 45.9. The molecule has 0 amide bonds. The summed E-state index contributed by atoms with van der Waals surface area (Å²) in [6.07, 6.45) is 3.95. The Balaban J connectivity index is 1.09. The van der Waals surface area contributed by atoms with E-state index in [4.69, 9.17) is 27.9 Å². The minimum absolute atomic E-state index is 0.0318. The van der Waals surface area contributed by atoms with Gasteiger partial charge in [-0.2, -0.15) is 0 Å². The van der Waals surface area contributed by atoms with Crippen LogP contribution in [0.25, 0.3) is 11.0 Å². The lowest BCUT2D eigenvalue weighted by molar-refractivity contribution is -0.127. The number of nitrogens with zero attached hydrogens (tertiary/aromatic N) is 1. The number of ketones is 3. The van der Waals surface area contributed by atoms with Gasteiger partial charge in [-0.15, -0.1) is 0 Å². The molecular formula is C27H26Cl2N2O4. The van der Waals surface area contributed by atoms with Crippen molar-refractivity contribution >= 4 is 51.6 Å². The van der Waals surface area contributed by atoms with Crippen molar-refractivity contribution in [1.29, 1.82) is 0 Å². The van der Waals surface area contributed by atoms with Gasteiger partial charge < -0.3 is 9.72 Å². The standard InChI is InChI=1S/C27H26Cl2N2O4/c28-17-6-9-25-19(12-17)23(33)14-26(35-25)24(34)11-15-1-3-16(4-2-15)22(32)8-10-27-30-20-7-5-18(29)13-21(20)31-27/h5-7,9,12-13,15-16,26H,1-4,8,10-11,14H2,(H,30,31). The van der Waals surface area contributed by atoms with Gasteiger partial charge >= 0.3 is 0 Å². The van der Waals surface area contributed by atoms with Crippen LogP contribution in [-0.4, -0.2) is 33.4 Å². The summed E-state index contributed by atoms with van der Waals surface area (Å²) in [7, 11) is 0. The molecule has 2 aromatic carbocycles. The zero-order chi connectivity index (χ0) is 24.5. The third-order valence-corrected chi connectivity index (χ3v) is 7.60. The van der Waals surface area contributed by atoms with Crippen molar-refractivity contribution in [3.05, 3.63) is 57.8 Å². The maximum absolute atomic E-state index is 12.9. The molecule has 0 bridgehead atoms. The van der Waals surface area contributed by atoms with Gasteiger partial charge in [0.25, 0.3) is 0 Å². The Hall–Kier alpha value is -2.70. The van der Waals surface area contributed by atoms with Crippen LogP contribution in [0.3, 0.4) is 0 Å².